The minimum absolute atomic E-state index is 0.00662. The Balaban J connectivity index is 1.87. The fourth-order valence-corrected chi connectivity index (χ4v) is 2.39. The summed E-state index contributed by atoms with van der Waals surface area (Å²) in [6, 6.07) is 0. The van der Waals surface area contributed by atoms with Crippen LogP contribution < -0.4 is 10.6 Å². The van der Waals surface area contributed by atoms with Gasteiger partial charge in [-0.2, -0.15) is 0 Å². The number of carbonyl (C=O) groups excluding carboxylic acids is 4. The molecule has 0 spiro atoms. The highest BCUT2D eigenvalue weighted by molar-refractivity contribution is 6.13. The van der Waals surface area contributed by atoms with Crippen LogP contribution in [0.4, 0.5) is 0 Å². The van der Waals surface area contributed by atoms with Crippen LogP contribution in [0.2, 0.25) is 0 Å². The molecule has 0 aliphatic carbocycles. The second-order valence-corrected chi connectivity index (χ2v) is 6.29. The SMILES string of the molecule is CCCCCNC(=O)CCOCCOCCNC(=O)CCN1C(=O)C=CC1=O. The lowest BCUT2D eigenvalue weighted by atomic mass is 10.2. The Hall–Kier alpha value is -2.26. The molecule has 0 radical (unpaired) electrons. The number of nitrogens with zero attached hydrogens (tertiary/aromatic N) is 1. The molecular weight excluding hydrogens is 366 g/mol. The summed E-state index contributed by atoms with van der Waals surface area (Å²) < 4.78 is 10.7. The van der Waals surface area contributed by atoms with Crippen LogP contribution in [-0.2, 0) is 28.7 Å². The first-order valence-electron chi connectivity index (χ1n) is 9.77. The largest absolute Gasteiger partial charge is 0.379 e. The molecule has 9 nitrogen and oxygen atoms in total. The summed E-state index contributed by atoms with van der Waals surface area (Å²) >= 11 is 0. The first kappa shape index (κ1) is 23.8. The highest BCUT2D eigenvalue weighted by Gasteiger charge is 2.23. The van der Waals surface area contributed by atoms with Gasteiger partial charge in [-0.25, -0.2) is 0 Å². The fraction of sp³-hybridized carbons (Fsp3) is 0.684. The molecule has 1 rings (SSSR count). The van der Waals surface area contributed by atoms with E-state index < -0.39 is 11.8 Å². The van der Waals surface area contributed by atoms with Crippen molar-refractivity contribution in [3.8, 4) is 0 Å². The summed E-state index contributed by atoms with van der Waals surface area (Å²) in [6.07, 6.45) is 6.01. The van der Waals surface area contributed by atoms with Crippen molar-refractivity contribution in [3.05, 3.63) is 12.2 Å². The molecule has 28 heavy (non-hydrogen) atoms. The van der Waals surface area contributed by atoms with Crippen LogP contribution in [-0.4, -0.2) is 74.6 Å². The molecule has 1 aliphatic rings. The quantitative estimate of drug-likeness (QED) is 0.283. The third-order valence-electron chi connectivity index (χ3n) is 3.98. The van der Waals surface area contributed by atoms with Crippen LogP contribution in [0.5, 0.6) is 0 Å². The van der Waals surface area contributed by atoms with E-state index in [1.54, 1.807) is 0 Å². The molecule has 0 bridgehead atoms. The topological polar surface area (TPSA) is 114 Å². The molecule has 0 fully saturated rings. The third-order valence-corrected chi connectivity index (χ3v) is 3.98. The van der Waals surface area contributed by atoms with Gasteiger partial charge in [-0.3, -0.25) is 24.1 Å². The van der Waals surface area contributed by atoms with E-state index in [2.05, 4.69) is 17.6 Å². The molecule has 1 aliphatic heterocycles. The van der Waals surface area contributed by atoms with E-state index in [0.29, 0.717) is 45.9 Å². The standard InChI is InChI=1S/C19H31N3O6/c1-2-3-4-9-20-17(24)8-12-27-14-15-28-13-10-21-16(23)7-11-22-18(25)5-6-19(22)26/h5-6H,2-4,7-15H2,1H3,(H,20,24)(H,21,23). The first-order valence-corrected chi connectivity index (χ1v) is 9.77. The Bertz CT molecular complexity index is 532. The van der Waals surface area contributed by atoms with Crippen molar-refractivity contribution in [2.24, 2.45) is 0 Å². The average Bonchev–Trinajstić information content (AvgIpc) is 3.00. The number of imide groups is 1. The number of ether oxygens (including phenoxy) is 2. The minimum Gasteiger partial charge on any atom is -0.379 e. The predicted octanol–water partition coefficient (Wildman–Crippen LogP) is 0.147. The number of amides is 4. The van der Waals surface area contributed by atoms with Gasteiger partial charge in [0, 0.05) is 44.6 Å². The van der Waals surface area contributed by atoms with Gasteiger partial charge < -0.3 is 20.1 Å². The molecule has 0 aromatic heterocycles. The molecular formula is C19H31N3O6. The minimum atomic E-state index is -0.393. The maximum Gasteiger partial charge on any atom is 0.253 e. The molecule has 1 heterocycles. The molecule has 2 N–H and O–H groups in total. The number of carbonyl (C=O) groups is 4. The third kappa shape index (κ3) is 10.8. The molecule has 0 aromatic carbocycles. The lowest BCUT2D eigenvalue weighted by Gasteiger charge is -2.13. The lowest BCUT2D eigenvalue weighted by Crippen LogP contribution is -2.35. The van der Waals surface area contributed by atoms with E-state index in [1.165, 1.54) is 12.2 Å². The van der Waals surface area contributed by atoms with E-state index >= 15 is 0 Å². The van der Waals surface area contributed by atoms with Crippen LogP contribution in [0.25, 0.3) is 0 Å². The molecule has 4 amide bonds. The monoisotopic (exact) mass is 397 g/mol. The molecule has 9 heteroatoms. The second kappa shape index (κ2) is 14.8. The Morgan fingerprint density at radius 2 is 1.46 bits per heavy atom. The van der Waals surface area contributed by atoms with E-state index in [0.717, 1.165) is 24.2 Å². The smallest absolute Gasteiger partial charge is 0.253 e. The van der Waals surface area contributed by atoms with Crippen molar-refractivity contribution in [3.63, 3.8) is 0 Å². The van der Waals surface area contributed by atoms with Crippen molar-refractivity contribution in [2.75, 3.05) is 46.1 Å². The highest BCUT2D eigenvalue weighted by Crippen LogP contribution is 2.03. The van der Waals surface area contributed by atoms with Crippen molar-refractivity contribution in [2.45, 2.75) is 39.0 Å². The van der Waals surface area contributed by atoms with Gasteiger partial charge in [0.15, 0.2) is 0 Å². The second-order valence-electron chi connectivity index (χ2n) is 6.29. The number of hydrogen-bond acceptors (Lipinski definition) is 6. The maximum absolute atomic E-state index is 11.7. The Labute approximate surface area is 165 Å². The number of unbranched alkanes of at least 4 members (excludes halogenated alkanes) is 2. The van der Waals surface area contributed by atoms with E-state index in [4.69, 9.17) is 9.47 Å². The number of hydrogen-bond donors (Lipinski definition) is 2. The van der Waals surface area contributed by atoms with Gasteiger partial charge in [0.2, 0.25) is 11.8 Å². The zero-order chi connectivity index (χ0) is 20.6. The number of rotatable bonds is 16. The lowest BCUT2D eigenvalue weighted by molar-refractivity contribution is -0.137. The Morgan fingerprint density at radius 3 is 2.14 bits per heavy atom. The van der Waals surface area contributed by atoms with Gasteiger partial charge in [0.1, 0.15) is 0 Å². The molecule has 0 saturated carbocycles. The zero-order valence-electron chi connectivity index (χ0n) is 16.5. The fourth-order valence-electron chi connectivity index (χ4n) is 2.39. The summed E-state index contributed by atoms with van der Waals surface area (Å²) in [5.74, 6) is -1.05. The van der Waals surface area contributed by atoms with Gasteiger partial charge >= 0.3 is 0 Å². The van der Waals surface area contributed by atoms with Gasteiger partial charge in [0.25, 0.3) is 11.8 Å². The van der Waals surface area contributed by atoms with E-state index in [-0.39, 0.29) is 24.8 Å². The summed E-state index contributed by atoms with van der Waals surface area (Å²) in [7, 11) is 0. The van der Waals surface area contributed by atoms with Gasteiger partial charge in [-0.15, -0.1) is 0 Å². The molecule has 0 atom stereocenters. The van der Waals surface area contributed by atoms with E-state index in [1.807, 2.05) is 0 Å². The summed E-state index contributed by atoms with van der Waals surface area (Å²) in [4.78, 5) is 46.9. The zero-order valence-corrected chi connectivity index (χ0v) is 16.5. The van der Waals surface area contributed by atoms with Crippen molar-refractivity contribution < 1.29 is 28.7 Å². The van der Waals surface area contributed by atoms with Gasteiger partial charge in [-0.05, 0) is 6.42 Å². The van der Waals surface area contributed by atoms with Gasteiger partial charge in [0.05, 0.1) is 26.4 Å². The first-order chi connectivity index (χ1) is 13.5. The summed E-state index contributed by atoms with van der Waals surface area (Å²) in [5.41, 5.74) is 0. The number of nitrogens with one attached hydrogen (secondary N) is 2. The van der Waals surface area contributed by atoms with Crippen LogP contribution >= 0.6 is 0 Å². The van der Waals surface area contributed by atoms with Crippen LogP contribution in [0, 0.1) is 0 Å². The average molecular weight is 397 g/mol. The Morgan fingerprint density at radius 1 is 0.857 bits per heavy atom. The predicted molar refractivity (Wildman–Crippen MR) is 102 cm³/mol. The van der Waals surface area contributed by atoms with Gasteiger partial charge in [-0.1, -0.05) is 19.8 Å². The molecule has 158 valence electrons. The molecule has 0 aromatic rings. The van der Waals surface area contributed by atoms with Crippen molar-refractivity contribution >= 4 is 23.6 Å². The normalized spacial score (nSPS) is 13.2. The molecule has 0 saturated heterocycles. The van der Waals surface area contributed by atoms with Crippen molar-refractivity contribution in [1.29, 1.82) is 0 Å². The van der Waals surface area contributed by atoms with Crippen molar-refractivity contribution in [1.82, 2.24) is 15.5 Å². The summed E-state index contributed by atoms with van der Waals surface area (Å²) in [6.45, 7) is 4.66. The van der Waals surface area contributed by atoms with Crippen LogP contribution in [0.3, 0.4) is 0 Å². The van der Waals surface area contributed by atoms with Crippen LogP contribution in [0.15, 0.2) is 12.2 Å². The van der Waals surface area contributed by atoms with Crippen LogP contribution in [0.1, 0.15) is 39.0 Å². The van der Waals surface area contributed by atoms with E-state index in [9.17, 15) is 19.2 Å². The molecule has 0 unspecified atom stereocenters. The maximum atomic E-state index is 11.7. The summed E-state index contributed by atoms with van der Waals surface area (Å²) in [5, 5.41) is 5.50. The Kier molecular flexibility index (Phi) is 12.5. The highest BCUT2D eigenvalue weighted by atomic mass is 16.5.